The van der Waals surface area contributed by atoms with Crippen LogP contribution in [0.2, 0.25) is 0 Å². The summed E-state index contributed by atoms with van der Waals surface area (Å²) in [5, 5.41) is 7.00. The van der Waals surface area contributed by atoms with Gasteiger partial charge in [-0.3, -0.25) is 4.79 Å². The SMILES string of the molecule is CCC(C)CC(C)CC1Cc2ccc(Br)cc2C1=O.CO. The van der Waals surface area contributed by atoms with Gasteiger partial charge in [0.2, 0.25) is 0 Å². The van der Waals surface area contributed by atoms with E-state index in [0.717, 1.165) is 35.9 Å². The Balaban J connectivity index is 0.00000106. The second kappa shape index (κ2) is 8.70. The smallest absolute Gasteiger partial charge is 0.166 e. The van der Waals surface area contributed by atoms with Crippen LogP contribution < -0.4 is 0 Å². The van der Waals surface area contributed by atoms with Crippen LogP contribution >= 0.6 is 15.9 Å². The van der Waals surface area contributed by atoms with Gasteiger partial charge in [0.15, 0.2) is 5.78 Å². The molecule has 0 radical (unpaired) electrons. The van der Waals surface area contributed by atoms with Crippen LogP contribution in [0.1, 0.15) is 56.0 Å². The van der Waals surface area contributed by atoms with E-state index >= 15 is 0 Å². The molecule has 0 aromatic heterocycles. The van der Waals surface area contributed by atoms with Crippen molar-refractivity contribution in [3.05, 3.63) is 33.8 Å². The molecule has 0 saturated heterocycles. The summed E-state index contributed by atoms with van der Waals surface area (Å²) in [5.74, 6) is 1.97. The standard InChI is InChI=1S/C17H23BrO.CH4O/c1-4-11(2)7-12(3)8-14-9-13-5-6-15(18)10-16(13)17(14)19;1-2/h5-6,10-12,14H,4,7-9H2,1-3H3;2H,1H3. The molecule has 0 heterocycles. The lowest BCUT2D eigenvalue weighted by Crippen LogP contribution is -2.14. The van der Waals surface area contributed by atoms with Crippen LogP contribution in [0, 0.1) is 17.8 Å². The summed E-state index contributed by atoms with van der Waals surface area (Å²) in [6.07, 6.45) is 4.44. The van der Waals surface area contributed by atoms with E-state index in [2.05, 4.69) is 42.8 Å². The molecule has 0 saturated carbocycles. The molecule has 0 aliphatic heterocycles. The monoisotopic (exact) mass is 354 g/mol. The first-order valence-electron chi connectivity index (χ1n) is 7.78. The van der Waals surface area contributed by atoms with Crippen molar-refractivity contribution >= 4 is 21.7 Å². The highest BCUT2D eigenvalue weighted by molar-refractivity contribution is 9.10. The molecule has 0 amide bonds. The first-order valence-corrected chi connectivity index (χ1v) is 8.57. The molecule has 1 aromatic carbocycles. The molecular formula is C18H27BrO2. The molecule has 21 heavy (non-hydrogen) atoms. The summed E-state index contributed by atoms with van der Waals surface area (Å²) in [7, 11) is 1.00. The van der Waals surface area contributed by atoms with Crippen molar-refractivity contribution in [1.82, 2.24) is 0 Å². The minimum absolute atomic E-state index is 0.211. The maximum atomic E-state index is 12.4. The van der Waals surface area contributed by atoms with Gasteiger partial charge in [-0.1, -0.05) is 49.2 Å². The quantitative estimate of drug-likeness (QED) is 0.818. The van der Waals surface area contributed by atoms with Gasteiger partial charge >= 0.3 is 0 Å². The Morgan fingerprint density at radius 1 is 1.29 bits per heavy atom. The van der Waals surface area contributed by atoms with Crippen molar-refractivity contribution < 1.29 is 9.90 Å². The predicted molar refractivity (Wildman–Crippen MR) is 91.7 cm³/mol. The number of halogens is 1. The molecule has 3 atom stereocenters. The van der Waals surface area contributed by atoms with Gasteiger partial charge in [0, 0.05) is 23.1 Å². The summed E-state index contributed by atoms with van der Waals surface area (Å²) in [5.41, 5.74) is 2.17. The predicted octanol–water partition coefficient (Wildman–Crippen LogP) is 4.88. The van der Waals surface area contributed by atoms with Crippen molar-refractivity contribution in [3.63, 3.8) is 0 Å². The molecular weight excluding hydrogens is 328 g/mol. The van der Waals surface area contributed by atoms with Crippen LogP contribution in [0.25, 0.3) is 0 Å². The van der Waals surface area contributed by atoms with Crippen LogP contribution in [-0.2, 0) is 6.42 Å². The molecule has 3 unspecified atom stereocenters. The minimum atomic E-state index is 0.211. The molecule has 3 heteroatoms. The molecule has 2 rings (SSSR count). The van der Waals surface area contributed by atoms with Crippen LogP contribution in [0.4, 0.5) is 0 Å². The Hall–Kier alpha value is -0.670. The van der Waals surface area contributed by atoms with E-state index in [1.165, 1.54) is 18.4 Å². The van der Waals surface area contributed by atoms with Gasteiger partial charge in [0.05, 0.1) is 0 Å². The number of aliphatic hydroxyl groups is 1. The molecule has 0 spiro atoms. The largest absolute Gasteiger partial charge is 0.400 e. The number of Topliss-reactive ketones (excluding diaryl/α,β-unsaturated/α-hetero) is 1. The van der Waals surface area contributed by atoms with E-state index in [0.29, 0.717) is 11.7 Å². The highest BCUT2D eigenvalue weighted by Crippen LogP contribution is 2.34. The second-order valence-electron chi connectivity index (χ2n) is 6.16. The number of benzene rings is 1. The zero-order chi connectivity index (χ0) is 16.0. The maximum Gasteiger partial charge on any atom is 0.166 e. The Labute approximate surface area is 137 Å². The zero-order valence-electron chi connectivity index (χ0n) is 13.5. The highest BCUT2D eigenvalue weighted by atomic mass is 79.9. The number of rotatable bonds is 5. The second-order valence-corrected chi connectivity index (χ2v) is 7.07. The van der Waals surface area contributed by atoms with E-state index in [4.69, 9.17) is 5.11 Å². The number of fused-ring (bicyclic) bond motifs is 1. The highest BCUT2D eigenvalue weighted by Gasteiger charge is 2.31. The van der Waals surface area contributed by atoms with Gasteiger partial charge in [-0.25, -0.2) is 0 Å². The first-order chi connectivity index (χ1) is 10.0. The third kappa shape index (κ3) is 4.93. The number of aliphatic hydroxyl groups excluding tert-OH is 1. The van der Waals surface area contributed by atoms with E-state index < -0.39 is 0 Å². The summed E-state index contributed by atoms with van der Waals surface area (Å²) in [4.78, 5) is 12.4. The molecule has 0 bridgehead atoms. The molecule has 1 aromatic rings. The number of ketones is 1. The summed E-state index contributed by atoms with van der Waals surface area (Å²) >= 11 is 3.45. The van der Waals surface area contributed by atoms with E-state index in [1.54, 1.807) is 0 Å². The number of hydrogen-bond acceptors (Lipinski definition) is 2. The lowest BCUT2D eigenvalue weighted by atomic mass is 9.86. The number of hydrogen-bond donors (Lipinski definition) is 1. The zero-order valence-corrected chi connectivity index (χ0v) is 15.1. The van der Waals surface area contributed by atoms with Crippen LogP contribution in [0.5, 0.6) is 0 Å². The number of carbonyl (C=O) groups is 1. The van der Waals surface area contributed by atoms with Gasteiger partial charge in [0.25, 0.3) is 0 Å². The fraction of sp³-hybridized carbons (Fsp3) is 0.611. The van der Waals surface area contributed by atoms with Crippen molar-refractivity contribution in [2.24, 2.45) is 17.8 Å². The van der Waals surface area contributed by atoms with Crippen molar-refractivity contribution in [2.45, 2.75) is 46.5 Å². The number of carbonyl (C=O) groups excluding carboxylic acids is 1. The molecule has 118 valence electrons. The first kappa shape index (κ1) is 18.4. The normalized spacial score (nSPS) is 19.5. The third-order valence-corrected chi connectivity index (χ3v) is 4.86. The molecule has 2 nitrogen and oxygen atoms in total. The van der Waals surface area contributed by atoms with Crippen LogP contribution in [0.15, 0.2) is 22.7 Å². The van der Waals surface area contributed by atoms with Crippen LogP contribution in [-0.4, -0.2) is 18.0 Å². The topological polar surface area (TPSA) is 37.3 Å². The molecule has 0 fully saturated rings. The minimum Gasteiger partial charge on any atom is -0.400 e. The van der Waals surface area contributed by atoms with E-state index in [1.807, 2.05) is 12.1 Å². The van der Waals surface area contributed by atoms with Crippen LogP contribution in [0.3, 0.4) is 0 Å². The average Bonchev–Trinajstić information content (AvgIpc) is 2.77. The maximum absolute atomic E-state index is 12.4. The van der Waals surface area contributed by atoms with Gasteiger partial charge in [-0.2, -0.15) is 0 Å². The summed E-state index contributed by atoms with van der Waals surface area (Å²) < 4.78 is 1.01. The fourth-order valence-electron chi connectivity index (χ4n) is 3.16. The van der Waals surface area contributed by atoms with Crippen molar-refractivity contribution in [1.29, 1.82) is 0 Å². The summed E-state index contributed by atoms with van der Waals surface area (Å²) in [6, 6.07) is 6.12. The average molecular weight is 355 g/mol. The summed E-state index contributed by atoms with van der Waals surface area (Å²) in [6.45, 7) is 6.84. The Bertz CT molecular complexity index is 470. The van der Waals surface area contributed by atoms with E-state index in [-0.39, 0.29) is 5.92 Å². The van der Waals surface area contributed by atoms with E-state index in [9.17, 15) is 4.79 Å². The third-order valence-electron chi connectivity index (χ3n) is 4.36. The van der Waals surface area contributed by atoms with Gasteiger partial charge in [0.1, 0.15) is 0 Å². The Morgan fingerprint density at radius 3 is 2.57 bits per heavy atom. The Kier molecular flexibility index (Phi) is 7.61. The van der Waals surface area contributed by atoms with Gasteiger partial charge < -0.3 is 5.11 Å². The lowest BCUT2D eigenvalue weighted by Gasteiger charge is -2.18. The lowest BCUT2D eigenvalue weighted by molar-refractivity contribution is 0.0917. The molecule has 1 aliphatic carbocycles. The fourth-order valence-corrected chi connectivity index (χ4v) is 3.52. The van der Waals surface area contributed by atoms with Gasteiger partial charge in [-0.05, 0) is 48.8 Å². The molecule has 1 aliphatic rings. The van der Waals surface area contributed by atoms with Gasteiger partial charge in [-0.15, -0.1) is 0 Å². The molecule has 1 N–H and O–H groups in total. The van der Waals surface area contributed by atoms with Crippen molar-refractivity contribution in [2.75, 3.05) is 7.11 Å². The Morgan fingerprint density at radius 2 is 1.95 bits per heavy atom. The van der Waals surface area contributed by atoms with Crippen molar-refractivity contribution in [3.8, 4) is 0 Å².